The lowest BCUT2D eigenvalue weighted by molar-refractivity contribution is 0.230. The Labute approximate surface area is 103 Å². The molecule has 0 radical (unpaired) electrons. The number of nitrogens with zero attached hydrogens (tertiary/aromatic N) is 1. The number of hydrogen-bond acceptors (Lipinski definition) is 1. The third-order valence-electron chi connectivity index (χ3n) is 4.31. The van der Waals surface area contributed by atoms with Crippen LogP contribution in [-0.4, -0.2) is 25.0 Å². The lowest BCUT2D eigenvalue weighted by atomic mass is 9.84. The van der Waals surface area contributed by atoms with E-state index in [2.05, 4.69) is 32.7 Å². The number of piperidine rings is 1. The van der Waals surface area contributed by atoms with Crippen molar-refractivity contribution >= 4 is 0 Å². The molecular weight excluding hydrogens is 194 g/mol. The normalized spacial score (nSPS) is 33.0. The maximum Gasteiger partial charge on any atom is -0.00192 e. The lowest BCUT2D eigenvalue weighted by Gasteiger charge is -2.26. The van der Waals surface area contributed by atoms with Crippen molar-refractivity contribution in [2.45, 2.75) is 59.3 Å². The molecule has 0 atom stereocenters. The molecule has 0 spiro atoms. The fraction of sp³-hybridized carbons (Fsp3) is 1.00. The average Bonchev–Trinajstić information content (AvgIpc) is 2.28. The second kappa shape index (κ2) is 7.32. The van der Waals surface area contributed by atoms with E-state index in [1.807, 2.05) is 0 Å². The topological polar surface area (TPSA) is 3.24 Å². The predicted molar refractivity (Wildman–Crippen MR) is 72.7 cm³/mol. The summed E-state index contributed by atoms with van der Waals surface area (Å²) >= 11 is 0. The molecule has 96 valence electrons. The quantitative estimate of drug-likeness (QED) is 0.598. The highest BCUT2D eigenvalue weighted by molar-refractivity contribution is 4.66. The number of likely N-dealkylation sites (tertiary alicyclic amines) is 1. The maximum absolute atomic E-state index is 2.40. The van der Waals surface area contributed by atoms with Gasteiger partial charge in [-0.25, -0.2) is 0 Å². The van der Waals surface area contributed by atoms with Gasteiger partial charge in [0, 0.05) is 0 Å². The highest BCUT2D eigenvalue weighted by Crippen LogP contribution is 2.27. The van der Waals surface area contributed by atoms with Gasteiger partial charge in [0.05, 0.1) is 0 Å². The second-order valence-electron chi connectivity index (χ2n) is 6.35. The minimum absolute atomic E-state index is 0.978. The van der Waals surface area contributed by atoms with Gasteiger partial charge in [0.15, 0.2) is 0 Å². The lowest BCUT2D eigenvalue weighted by Crippen LogP contribution is -2.28. The van der Waals surface area contributed by atoms with E-state index < -0.39 is 0 Å². The summed E-state index contributed by atoms with van der Waals surface area (Å²) in [6.45, 7) is 9.69. The van der Waals surface area contributed by atoms with Crippen LogP contribution in [0.5, 0.6) is 0 Å². The first kappa shape index (κ1) is 14.0. The molecule has 0 bridgehead atoms. The molecule has 1 saturated carbocycles. The minimum atomic E-state index is 0.978. The zero-order valence-corrected chi connectivity index (χ0v) is 11.8. The molecule has 1 nitrogen and oxygen atoms in total. The molecule has 1 heteroatoms. The maximum atomic E-state index is 2.40. The molecule has 0 aromatic carbocycles. The van der Waals surface area contributed by atoms with Crippen molar-refractivity contribution in [2.24, 2.45) is 17.8 Å². The first-order valence-corrected chi connectivity index (χ1v) is 7.26. The SMILES string of the molecule is CC1CCC(C)CC1.CC1CCN(C)CC1. The van der Waals surface area contributed by atoms with Gasteiger partial charge in [0.25, 0.3) is 0 Å². The van der Waals surface area contributed by atoms with Crippen molar-refractivity contribution in [3.63, 3.8) is 0 Å². The van der Waals surface area contributed by atoms with Crippen LogP contribution in [0.4, 0.5) is 0 Å². The van der Waals surface area contributed by atoms with E-state index in [1.54, 1.807) is 0 Å². The van der Waals surface area contributed by atoms with Gasteiger partial charge in [-0.3, -0.25) is 0 Å². The Bertz CT molecular complexity index is 122. The van der Waals surface area contributed by atoms with Crippen molar-refractivity contribution in [2.75, 3.05) is 20.1 Å². The summed E-state index contributed by atoms with van der Waals surface area (Å²) in [4.78, 5) is 2.40. The summed E-state index contributed by atoms with van der Waals surface area (Å²) in [5.74, 6) is 3.02. The Hall–Kier alpha value is -0.0400. The summed E-state index contributed by atoms with van der Waals surface area (Å²) in [6.07, 6.45) is 8.69. The average molecular weight is 225 g/mol. The summed E-state index contributed by atoms with van der Waals surface area (Å²) in [5.41, 5.74) is 0. The van der Waals surface area contributed by atoms with Crippen molar-refractivity contribution < 1.29 is 0 Å². The van der Waals surface area contributed by atoms with Crippen LogP contribution >= 0.6 is 0 Å². The van der Waals surface area contributed by atoms with Crippen LogP contribution < -0.4 is 0 Å². The molecule has 2 aliphatic rings. The van der Waals surface area contributed by atoms with Gasteiger partial charge < -0.3 is 4.90 Å². The van der Waals surface area contributed by atoms with E-state index in [0.717, 1.165) is 17.8 Å². The fourth-order valence-corrected chi connectivity index (χ4v) is 2.56. The van der Waals surface area contributed by atoms with E-state index >= 15 is 0 Å². The van der Waals surface area contributed by atoms with E-state index in [4.69, 9.17) is 0 Å². The van der Waals surface area contributed by atoms with Crippen LogP contribution in [0.15, 0.2) is 0 Å². The molecule has 1 heterocycles. The monoisotopic (exact) mass is 225 g/mol. The Morgan fingerprint density at radius 2 is 0.938 bits per heavy atom. The van der Waals surface area contributed by atoms with E-state index in [0.29, 0.717) is 0 Å². The molecule has 1 aliphatic heterocycles. The first-order valence-electron chi connectivity index (χ1n) is 7.26. The van der Waals surface area contributed by atoms with Gasteiger partial charge in [0.2, 0.25) is 0 Å². The van der Waals surface area contributed by atoms with Gasteiger partial charge in [-0.2, -0.15) is 0 Å². The molecule has 16 heavy (non-hydrogen) atoms. The molecule has 2 rings (SSSR count). The third-order valence-corrected chi connectivity index (χ3v) is 4.31. The van der Waals surface area contributed by atoms with Crippen LogP contribution in [0.3, 0.4) is 0 Å². The van der Waals surface area contributed by atoms with Crippen LogP contribution in [0.2, 0.25) is 0 Å². The highest BCUT2D eigenvalue weighted by atomic mass is 15.1. The molecule has 0 amide bonds. The fourth-order valence-electron chi connectivity index (χ4n) is 2.56. The second-order valence-corrected chi connectivity index (χ2v) is 6.35. The van der Waals surface area contributed by atoms with E-state index in [1.165, 1.54) is 51.6 Å². The van der Waals surface area contributed by atoms with Gasteiger partial charge in [0.1, 0.15) is 0 Å². The largest absolute Gasteiger partial charge is 0.306 e. The zero-order valence-electron chi connectivity index (χ0n) is 11.8. The molecule has 0 unspecified atom stereocenters. The van der Waals surface area contributed by atoms with E-state index in [-0.39, 0.29) is 0 Å². The molecule has 0 aromatic heterocycles. The van der Waals surface area contributed by atoms with Crippen LogP contribution in [-0.2, 0) is 0 Å². The van der Waals surface area contributed by atoms with Crippen LogP contribution in [0, 0.1) is 17.8 Å². The summed E-state index contributed by atoms with van der Waals surface area (Å²) in [6, 6.07) is 0. The number of rotatable bonds is 0. The summed E-state index contributed by atoms with van der Waals surface area (Å²) in [5, 5.41) is 0. The van der Waals surface area contributed by atoms with Gasteiger partial charge >= 0.3 is 0 Å². The predicted octanol–water partition coefficient (Wildman–Crippen LogP) is 4.18. The zero-order chi connectivity index (χ0) is 12.0. The van der Waals surface area contributed by atoms with Gasteiger partial charge in [-0.1, -0.05) is 46.5 Å². The third kappa shape index (κ3) is 5.89. The van der Waals surface area contributed by atoms with Gasteiger partial charge in [-0.05, 0) is 50.7 Å². The minimum Gasteiger partial charge on any atom is -0.306 e. The summed E-state index contributed by atoms with van der Waals surface area (Å²) < 4.78 is 0. The molecule has 0 aromatic rings. The Kier molecular flexibility index (Phi) is 6.41. The Morgan fingerprint density at radius 3 is 1.25 bits per heavy atom. The summed E-state index contributed by atoms with van der Waals surface area (Å²) in [7, 11) is 2.20. The van der Waals surface area contributed by atoms with Crippen molar-refractivity contribution in [3.8, 4) is 0 Å². The first-order chi connectivity index (χ1) is 7.58. The molecule has 1 aliphatic carbocycles. The molecular formula is C15H31N. The Balaban J connectivity index is 0.000000160. The van der Waals surface area contributed by atoms with Crippen molar-refractivity contribution in [3.05, 3.63) is 0 Å². The molecule has 2 fully saturated rings. The van der Waals surface area contributed by atoms with Crippen LogP contribution in [0.25, 0.3) is 0 Å². The Morgan fingerprint density at radius 1 is 0.625 bits per heavy atom. The molecule has 0 N–H and O–H groups in total. The van der Waals surface area contributed by atoms with E-state index in [9.17, 15) is 0 Å². The highest BCUT2D eigenvalue weighted by Gasteiger charge is 2.13. The van der Waals surface area contributed by atoms with Gasteiger partial charge in [-0.15, -0.1) is 0 Å². The van der Waals surface area contributed by atoms with Crippen molar-refractivity contribution in [1.29, 1.82) is 0 Å². The smallest absolute Gasteiger partial charge is 0.00192 e. The van der Waals surface area contributed by atoms with Crippen LogP contribution in [0.1, 0.15) is 59.3 Å². The molecule has 1 saturated heterocycles. The standard InChI is InChI=1S/C8H16.C7H15N/c2*1-7-3-5-8(2)6-4-7/h7-8H,3-6H2,1-2H3;7H,3-6H2,1-2H3. The number of hydrogen-bond donors (Lipinski definition) is 0. The van der Waals surface area contributed by atoms with Crippen molar-refractivity contribution in [1.82, 2.24) is 4.90 Å².